The van der Waals surface area contributed by atoms with Gasteiger partial charge in [-0.3, -0.25) is 4.79 Å². The van der Waals surface area contributed by atoms with Crippen LogP contribution in [0.3, 0.4) is 0 Å². The van der Waals surface area contributed by atoms with Crippen molar-refractivity contribution in [3.8, 4) is 0 Å². The zero-order valence-electron chi connectivity index (χ0n) is 15.6. The van der Waals surface area contributed by atoms with Gasteiger partial charge in [0.15, 0.2) is 0 Å². The van der Waals surface area contributed by atoms with E-state index in [4.69, 9.17) is 5.73 Å². The van der Waals surface area contributed by atoms with E-state index in [1.807, 2.05) is 37.3 Å². The highest BCUT2D eigenvalue weighted by Crippen LogP contribution is 2.33. The lowest BCUT2D eigenvalue weighted by molar-refractivity contribution is -0.118. The third kappa shape index (κ3) is 3.03. The Hall–Kier alpha value is -2.87. The van der Waals surface area contributed by atoms with Gasteiger partial charge in [0.05, 0.1) is 17.5 Å². The van der Waals surface area contributed by atoms with Gasteiger partial charge in [0.1, 0.15) is 0 Å². The third-order valence-corrected chi connectivity index (χ3v) is 6.97. The largest absolute Gasteiger partial charge is 0.369 e. The van der Waals surface area contributed by atoms with E-state index in [1.54, 1.807) is 23.1 Å². The molecule has 0 radical (unpaired) electrons. The van der Waals surface area contributed by atoms with Gasteiger partial charge < -0.3 is 10.6 Å². The first kappa shape index (κ1) is 18.5. The summed E-state index contributed by atoms with van der Waals surface area (Å²) in [5.41, 5.74) is 8.54. The van der Waals surface area contributed by atoms with Crippen molar-refractivity contribution in [2.24, 2.45) is 10.7 Å². The molecule has 0 saturated carbocycles. The Morgan fingerprint density at radius 2 is 1.96 bits per heavy atom. The van der Waals surface area contributed by atoms with E-state index in [-0.39, 0.29) is 29.3 Å². The molecule has 0 unspecified atom stereocenters. The van der Waals surface area contributed by atoms with Crippen LogP contribution in [0.1, 0.15) is 30.5 Å². The van der Waals surface area contributed by atoms with Crippen LogP contribution < -0.4 is 10.6 Å². The molecule has 0 spiro atoms. The number of sulfonamides is 1. The van der Waals surface area contributed by atoms with Crippen molar-refractivity contribution in [2.75, 3.05) is 18.0 Å². The topological polar surface area (TPSA) is 96.1 Å². The molecular formula is C20H22N4O3S. The maximum Gasteiger partial charge on any atom is 0.266 e. The fraction of sp³-hybridized carbons (Fsp3) is 0.300. The number of fused-ring (bicyclic) bond motifs is 1. The number of guanidine groups is 1. The van der Waals surface area contributed by atoms with E-state index in [0.29, 0.717) is 19.4 Å². The molecule has 0 bridgehead atoms. The molecule has 2 N–H and O–H groups in total. The molecule has 0 saturated heterocycles. The molecule has 2 aromatic rings. The SMILES string of the molecule is CCC(=O)N1CCc2cc(S(=O)(=O)N3C[C@H](c4ccccc4)N=C3N)ccc21. The van der Waals surface area contributed by atoms with Crippen LogP contribution in [0, 0.1) is 0 Å². The Labute approximate surface area is 164 Å². The molecule has 1 amide bonds. The van der Waals surface area contributed by atoms with Crippen molar-refractivity contribution in [1.82, 2.24) is 4.31 Å². The second-order valence-electron chi connectivity index (χ2n) is 6.89. The van der Waals surface area contributed by atoms with Gasteiger partial charge >= 0.3 is 0 Å². The minimum absolute atomic E-state index is 0.00265. The van der Waals surface area contributed by atoms with Gasteiger partial charge in [-0.25, -0.2) is 17.7 Å². The van der Waals surface area contributed by atoms with E-state index >= 15 is 0 Å². The summed E-state index contributed by atoms with van der Waals surface area (Å²) in [7, 11) is -3.82. The summed E-state index contributed by atoms with van der Waals surface area (Å²) in [6.45, 7) is 2.57. The van der Waals surface area contributed by atoms with Gasteiger partial charge in [-0.15, -0.1) is 0 Å². The third-order valence-electron chi connectivity index (χ3n) is 5.20. The summed E-state index contributed by atoms with van der Waals surface area (Å²) in [5, 5.41) is 0. The number of hydrogen-bond acceptors (Lipinski definition) is 5. The van der Waals surface area contributed by atoms with E-state index in [9.17, 15) is 13.2 Å². The zero-order chi connectivity index (χ0) is 19.9. The average molecular weight is 398 g/mol. The standard InChI is InChI=1S/C20H22N4O3S/c1-2-19(25)23-11-10-15-12-16(8-9-18(15)23)28(26,27)24-13-17(22-20(24)21)14-6-4-3-5-7-14/h3-9,12,17H,2,10-11,13H2,1H3,(H2,21,22)/t17-/m1/s1. The van der Waals surface area contributed by atoms with Crippen LogP contribution >= 0.6 is 0 Å². The molecule has 1 atom stereocenters. The molecule has 146 valence electrons. The molecule has 2 aliphatic heterocycles. The highest BCUT2D eigenvalue weighted by Gasteiger charge is 2.35. The number of hydrogen-bond donors (Lipinski definition) is 1. The first-order valence-corrected chi connectivity index (χ1v) is 10.7. The van der Waals surface area contributed by atoms with Gasteiger partial charge in [-0.05, 0) is 35.7 Å². The number of carbonyl (C=O) groups is 1. The van der Waals surface area contributed by atoms with Crippen LogP contribution in [0.15, 0.2) is 58.4 Å². The highest BCUT2D eigenvalue weighted by molar-refractivity contribution is 7.89. The van der Waals surface area contributed by atoms with Crippen LogP contribution in [0.4, 0.5) is 5.69 Å². The summed E-state index contributed by atoms with van der Waals surface area (Å²) in [6, 6.07) is 14.1. The highest BCUT2D eigenvalue weighted by atomic mass is 32.2. The Balaban J connectivity index is 1.62. The molecule has 4 rings (SSSR count). The van der Waals surface area contributed by atoms with Crippen molar-refractivity contribution in [3.05, 3.63) is 59.7 Å². The summed E-state index contributed by atoms with van der Waals surface area (Å²) in [6.07, 6.45) is 1.06. The molecule has 7 nitrogen and oxygen atoms in total. The fourth-order valence-corrected chi connectivity index (χ4v) is 5.12. The molecule has 2 aliphatic rings. The Morgan fingerprint density at radius 1 is 1.21 bits per heavy atom. The number of nitrogens with zero attached hydrogens (tertiary/aromatic N) is 3. The van der Waals surface area contributed by atoms with Crippen molar-refractivity contribution >= 4 is 27.6 Å². The van der Waals surface area contributed by atoms with E-state index in [2.05, 4.69) is 4.99 Å². The molecule has 2 heterocycles. The lowest BCUT2D eigenvalue weighted by Crippen LogP contribution is -2.39. The summed E-state index contributed by atoms with van der Waals surface area (Å²) in [5.74, 6) is 0.0353. The van der Waals surface area contributed by atoms with Crippen molar-refractivity contribution < 1.29 is 13.2 Å². The van der Waals surface area contributed by atoms with Crippen molar-refractivity contribution in [2.45, 2.75) is 30.7 Å². The van der Waals surface area contributed by atoms with Crippen molar-refractivity contribution in [1.29, 1.82) is 0 Å². The first-order valence-electron chi connectivity index (χ1n) is 9.26. The van der Waals surface area contributed by atoms with Gasteiger partial charge in [0.25, 0.3) is 10.0 Å². The number of anilines is 1. The lowest BCUT2D eigenvalue weighted by atomic mass is 10.1. The lowest BCUT2D eigenvalue weighted by Gasteiger charge is -2.20. The number of amides is 1. The molecule has 0 fully saturated rings. The molecule has 28 heavy (non-hydrogen) atoms. The Kier molecular flexibility index (Phi) is 4.58. The molecule has 0 aromatic heterocycles. The fourth-order valence-electron chi connectivity index (χ4n) is 3.71. The summed E-state index contributed by atoms with van der Waals surface area (Å²) in [4.78, 5) is 18.3. The van der Waals surface area contributed by atoms with Gasteiger partial charge in [-0.2, -0.15) is 0 Å². The monoisotopic (exact) mass is 398 g/mol. The number of benzene rings is 2. The average Bonchev–Trinajstić information content (AvgIpc) is 3.31. The Morgan fingerprint density at radius 3 is 2.68 bits per heavy atom. The van der Waals surface area contributed by atoms with Crippen LogP contribution in [0.25, 0.3) is 0 Å². The molecule has 2 aromatic carbocycles. The van der Waals surface area contributed by atoms with Crippen molar-refractivity contribution in [3.63, 3.8) is 0 Å². The predicted octanol–water partition coefficient (Wildman–Crippen LogP) is 2.05. The molecular weight excluding hydrogens is 376 g/mol. The van der Waals surface area contributed by atoms with Gasteiger partial charge in [-0.1, -0.05) is 37.3 Å². The predicted molar refractivity (Wildman–Crippen MR) is 107 cm³/mol. The van der Waals surface area contributed by atoms with Gasteiger partial charge in [0, 0.05) is 18.7 Å². The quantitative estimate of drug-likeness (QED) is 0.852. The summed E-state index contributed by atoms with van der Waals surface area (Å²) < 4.78 is 27.5. The first-order chi connectivity index (χ1) is 13.4. The number of nitrogens with two attached hydrogens (primary N) is 1. The maximum absolute atomic E-state index is 13.2. The van der Waals surface area contributed by atoms with E-state index in [1.165, 1.54) is 0 Å². The zero-order valence-corrected chi connectivity index (χ0v) is 16.4. The minimum atomic E-state index is -3.82. The normalized spacial score (nSPS) is 18.9. The molecule has 8 heteroatoms. The molecule has 0 aliphatic carbocycles. The second-order valence-corrected chi connectivity index (χ2v) is 8.75. The maximum atomic E-state index is 13.2. The number of aliphatic imine (C=N–C) groups is 1. The number of carbonyl (C=O) groups excluding carboxylic acids is 1. The van der Waals surface area contributed by atoms with Gasteiger partial charge in [0.2, 0.25) is 11.9 Å². The smallest absolute Gasteiger partial charge is 0.266 e. The van der Waals surface area contributed by atoms with Crippen LogP contribution in [0.2, 0.25) is 0 Å². The van der Waals surface area contributed by atoms with E-state index in [0.717, 1.165) is 21.1 Å². The van der Waals surface area contributed by atoms with Crippen LogP contribution in [0.5, 0.6) is 0 Å². The van der Waals surface area contributed by atoms with Crippen LogP contribution in [-0.4, -0.2) is 37.7 Å². The Bertz CT molecular complexity index is 1050. The van der Waals surface area contributed by atoms with Crippen LogP contribution in [-0.2, 0) is 21.2 Å². The summed E-state index contributed by atoms with van der Waals surface area (Å²) >= 11 is 0. The second kappa shape index (κ2) is 6.94. The number of rotatable bonds is 4. The minimum Gasteiger partial charge on any atom is -0.369 e. The van der Waals surface area contributed by atoms with E-state index < -0.39 is 10.0 Å².